The van der Waals surface area contributed by atoms with Crippen molar-refractivity contribution in [3.63, 3.8) is 0 Å². The predicted octanol–water partition coefficient (Wildman–Crippen LogP) is 2.13. The molecule has 2 aliphatic rings. The van der Waals surface area contributed by atoms with Crippen molar-refractivity contribution < 1.29 is 0 Å². The highest BCUT2D eigenvalue weighted by atomic mass is 15.2. The summed E-state index contributed by atoms with van der Waals surface area (Å²) in [6.45, 7) is 5.89. The molecule has 3 rings (SSSR count). The molecule has 1 saturated heterocycles. The Morgan fingerprint density at radius 2 is 2.33 bits per heavy atom. The fraction of sp³-hybridized carbons (Fsp3) is 0.750. The summed E-state index contributed by atoms with van der Waals surface area (Å²) in [6.07, 6.45) is 6.03. The van der Waals surface area contributed by atoms with Crippen LogP contribution in [0.1, 0.15) is 43.6 Å². The highest BCUT2D eigenvalue weighted by Gasteiger charge is 2.27. The van der Waals surface area contributed by atoms with Crippen molar-refractivity contribution in [2.45, 2.75) is 38.6 Å². The number of aromatic amines is 1. The minimum absolute atomic E-state index is 0.747. The highest BCUT2D eigenvalue weighted by Crippen LogP contribution is 2.38. The molecule has 1 aliphatic carbocycles. The quantitative estimate of drug-likeness (QED) is 0.819. The van der Waals surface area contributed by atoms with Gasteiger partial charge in [0.2, 0.25) is 0 Å². The molecule has 3 nitrogen and oxygen atoms in total. The minimum atomic E-state index is 0.747. The molecular weight excluding hydrogens is 186 g/mol. The summed E-state index contributed by atoms with van der Waals surface area (Å²) in [6, 6.07) is 0. The third-order valence-electron chi connectivity index (χ3n) is 3.51. The highest BCUT2D eigenvalue weighted by molar-refractivity contribution is 5.10. The molecule has 1 aromatic rings. The summed E-state index contributed by atoms with van der Waals surface area (Å²) in [5.74, 6) is 2.84. The van der Waals surface area contributed by atoms with Crippen molar-refractivity contribution in [2.24, 2.45) is 5.92 Å². The zero-order valence-corrected chi connectivity index (χ0v) is 9.37. The lowest BCUT2D eigenvalue weighted by Crippen LogP contribution is -2.19. The van der Waals surface area contributed by atoms with Crippen LogP contribution >= 0.6 is 0 Å². The Morgan fingerprint density at radius 1 is 1.47 bits per heavy atom. The van der Waals surface area contributed by atoms with Crippen molar-refractivity contribution >= 4 is 0 Å². The summed E-state index contributed by atoms with van der Waals surface area (Å²) < 4.78 is 0. The van der Waals surface area contributed by atoms with Crippen LogP contribution in [0.2, 0.25) is 0 Å². The van der Waals surface area contributed by atoms with E-state index in [1.54, 1.807) is 0 Å². The summed E-state index contributed by atoms with van der Waals surface area (Å²) in [5, 5.41) is 0. The molecule has 0 unspecified atom stereocenters. The van der Waals surface area contributed by atoms with Gasteiger partial charge in [0.25, 0.3) is 0 Å². The van der Waals surface area contributed by atoms with E-state index in [0.29, 0.717) is 0 Å². The Morgan fingerprint density at radius 3 is 3.00 bits per heavy atom. The van der Waals surface area contributed by atoms with Crippen LogP contribution in [-0.2, 0) is 6.54 Å². The first kappa shape index (κ1) is 9.40. The zero-order chi connectivity index (χ0) is 10.3. The summed E-state index contributed by atoms with van der Waals surface area (Å²) >= 11 is 0. The van der Waals surface area contributed by atoms with Gasteiger partial charge in [-0.05, 0) is 31.7 Å². The third-order valence-corrected chi connectivity index (χ3v) is 3.51. The molecule has 0 aromatic carbocycles. The van der Waals surface area contributed by atoms with Crippen LogP contribution in [0.25, 0.3) is 0 Å². The Hall–Kier alpha value is -0.830. The summed E-state index contributed by atoms with van der Waals surface area (Å²) in [4.78, 5) is 10.4. The fourth-order valence-electron chi connectivity index (χ4n) is 2.43. The molecule has 1 atom stereocenters. The van der Waals surface area contributed by atoms with Gasteiger partial charge in [-0.2, -0.15) is 0 Å². The molecule has 0 amide bonds. The first-order chi connectivity index (χ1) is 7.31. The van der Waals surface area contributed by atoms with Crippen LogP contribution < -0.4 is 0 Å². The smallest absolute Gasteiger partial charge is 0.109 e. The van der Waals surface area contributed by atoms with Gasteiger partial charge in [-0.25, -0.2) is 4.98 Å². The lowest BCUT2D eigenvalue weighted by molar-refractivity contribution is 0.317. The molecular formula is C12H19N3. The third kappa shape index (κ3) is 2.07. The van der Waals surface area contributed by atoms with Crippen LogP contribution in [-0.4, -0.2) is 28.0 Å². The molecule has 15 heavy (non-hydrogen) atoms. The Kier molecular flexibility index (Phi) is 2.28. The maximum absolute atomic E-state index is 4.46. The van der Waals surface area contributed by atoms with E-state index in [9.17, 15) is 0 Å². The average Bonchev–Trinajstić information content (AvgIpc) is 2.84. The van der Waals surface area contributed by atoms with Gasteiger partial charge in [0.1, 0.15) is 5.82 Å². The number of nitrogens with one attached hydrogen (secondary N) is 1. The summed E-state index contributed by atoms with van der Waals surface area (Å²) in [7, 11) is 0. The Balaban J connectivity index is 1.61. The molecule has 1 aliphatic heterocycles. The maximum atomic E-state index is 4.46. The lowest BCUT2D eigenvalue weighted by atomic mass is 10.2. The van der Waals surface area contributed by atoms with Crippen LogP contribution in [0.15, 0.2) is 6.20 Å². The standard InChI is InChI=1S/C12H19N3/c1-9-4-5-15(7-9)8-11-6-13-12(14-11)10-2-3-10/h6,9-10H,2-5,7-8H2,1H3,(H,13,14)/t9-/m1/s1. The van der Waals surface area contributed by atoms with Crippen molar-refractivity contribution in [3.8, 4) is 0 Å². The predicted molar refractivity (Wildman–Crippen MR) is 59.6 cm³/mol. The van der Waals surface area contributed by atoms with Gasteiger partial charge in [0, 0.05) is 30.9 Å². The number of H-pyrrole nitrogens is 1. The number of hydrogen-bond donors (Lipinski definition) is 1. The van der Waals surface area contributed by atoms with E-state index in [1.165, 1.54) is 43.9 Å². The van der Waals surface area contributed by atoms with Gasteiger partial charge in [-0.3, -0.25) is 4.90 Å². The molecule has 0 spiro atoms. The van der Waals surface area contributed by atoms with Crippen molar-refractivity contribution in [3.05, 3.63) is 17.7 Å². The van der Waals surface area contributed by atoms with Gasteiger partial charge in [0.15, 0.2) is 0 Å². The number of hydrogen-bond acceptors (Lipinski definition) is 2. The SMILES string of the molecule is C[C@@H]1CCN(Cc2cnc(C3CC3)[nH]2)C1. The number of nitrogens with zero attached hydrogens (tertiary/aromatic N) is 2. The number of aromatic nitrogens is 2. The van der Waals surface area contributed by atoms with E-state index in [4.69, 9.17) is 0 Å². The van der Waals surface area contributed by atoms with E-state index in [0.717, 1.165) is 18.4 Å². The molecule has 82 valence electrons. The number of imidazole rings is 1. The molecule has 1 aromatic heterocycles. The topological polar surface area (TPSA) is 31.9 Å². The van der Waals surface area contributed by atoms with E-state index in [1.807, 2.05) is 6.20 Å². The largest absolute Gasteiger partial charge is 0.345 e. The number of rotatable bonds is 3. The second kappa shape index (κ2) is 3.63. The molecule has 0 bridgehead atoms. The number of likely N-dealkylation sites (tertiary alicyclic amines) is 1. The van der Waals surface area contributed by atoms with Gasteiger partial charge in [0.05, 0.1) is 0 Å². The summed E-state index contributed by atoms with van der Waals surface area (Å²) in [5.41, 5.74) is 1.30. The van der Waals surface area contributed by atoms with Gasteiger partial charge >= 0.3 is 0 Å². The van der Waals surface area contributed by atoms with Crippen molar-refractivity contribution in [2.75, 3.05) is 13.1 Å². The van der Waals surface area contributed by atoms with Gasteiger partial charge in [-0.1, -0.05) is 6.92 Å². The Bertz CT molecular complexity index is 340. The van der Waals surface area contributed by atoms with E-state index in [2.05, 4.69) is 21.8 Å². The molecule has 0 radical (unpaired) electrons. The Labute approximate surface area is 90.9 Å². The normalized spacial score (nSPS) is 27.4. The van der Waals surface area contributed by atoms with E-state index in [-0.39, 0.29) is 0 Å². The van der Waals surface area contributed by atoms with Crippen LogP contribution in [0.4, 0.5) is 0 Å². The van der Waals surface area contributed by atoms with Crippen LogP contribution in [0, 0.1) is 5.92 Å². The molecule has 3 heteroatoms. The van der Waals surface area contributed by atoms with E-state index < -0.39 is 0 Å². The molecule has 1 saturated carbocycles. The van der Waals surface area contributed by atoms with Gasteiger partial charge in [-0.15, -0.1) is 0 Å². The molecule has 2 heterocycles. The first-order valence-electron chi connectivity index (χ1n) is 6.07. The molecule has 2 fully saturated rings. The van der Waals surface area contributed by atoms with Gasteiger partial charge < -0.3 is 4.98 Å². The maximum Gasteiger partial charge on any atom is 0.109 e. The lowest BCUT2D eigenvalue weighted by Gasteiger charge is -2.13. The second-order valence-corrected chi connectivity index (χ2v) is 5.20. The fourth-order valence-corrected chi connectivity index (χ4v) is 2.43. The van der Waals surface area contributed by atoms with Crippen LogP contribution in [0.5, 0.6) is 0 Å². The van der Waals surface area contributed by atoms with Crippen molar-refractivity contribution in [1.82, 2.24) is 14.9 Å². The van der Waals surface area contributed by atoms with Crippen LogP contribution in [0.3, 0.4) is 0 Å². The average molecular weight is 205 g/mol. The zero-order valence-electron chi connectivity index (χ0n) is 9.37. The molecule has 1 N–H and O–H groups in total. The minimum Gasteiger partial charge on any atom is -0.345 e. The van der Waals surface area contributed by atoms with Crippen molar-refractivity contribution in [1.29, 1.82) is 0 Å². The second-order valence-electron chi connectivity index (χ2n) is 5.20. The first-order valence-corrected chi connectivity index (χ1v) is 6.07. The monoisotopic (exact) mass is 205 g/mol. The van der Waals surface area contributed by atoms with E-state index >= 15 is 0 Å².